The zero-order valence-electron chi connectivity index (χ0n) is 10.7. The molecule has 1 saturated heterocycles. The molecule has 1 aliphatic heterocycles. The summed E-state index contributed by atoms with van der Waals surface area (Å²) in [6.45, 7) is 7.84. The molecule has 2 fully saturated rings. The Labute approximate surface area is 98.4 Å². The Morgan fingerprint density at radius 2 is 2.25 bits per heavy atom. The number of hydrogen-bond donors (Lipinski definition) is 2. The highest BCUT2D eigenvalue weighted by atomic mass is 16.2. The molecule has 2 unspecified atom stereocenters. The topological polar surface area (TPSA) is 41.1 Å². The second kappa shape index (κ2) is 4.02. The molecule has 1 amide bonds. The Balaban J connectivity index is 1.88. The fourth-order valence-corrected chi connectivity index (χ4v) is 2.92. The van der Waals surface area contributed by atoms with Crippen molar-refractivity contribution in [3.05, 3.63) is 0 Å². The first-order valence-electron chi connectivity index (χ1n) is 6.45. The van der Waals surface area contributed by atoms with Gasteiger partial charge in [-0.3, -0.25) is 4.79 Å². The van der Waals surface area contributed by atoms with E-state index in [4.69, 9.17) is 0 Å². The summed E-state index contributed by atoms with van der Waals surface area (Å²) in [4.78, 5) is 11.8. The summed E-state index contributed by atoms with van der Waals surface area (Å²) in [7, 11) is 0. The highest BCUT2D eigenvalue weighted by Gasteiger charge is 2.41. The van der Waals surface area contributed by atoms with Crippen LogP contribution in [0.15, 0.2) is 0 Å². The molecule has 2 aliphatic rings. The van der Waals surface area contributed by atoms with E-state index < -0.39 is 0 Å². The monoisotopic (exact) mass is 224 g/mol. The standard InChI is InChI=1S/C13H24N2O/c1-12(2,3)11(16)14-9-13-6-4-5-10(7-13)8-15-13/h10,15H,4-9H2,1-3H3,(H,14,16). The van der Waals surface area contributed by atoms with Crippen molar-refractivity contribution < 1.29 is 4.79 Å². The number of carbonyl (C=O) groups excluding carboxylic acids is 1. The third-order valence-corrected chi connectivity index (χ3v) is 3.98. The van der Waals surface area contributed by atoms with Gasteiger partial charge in [-0.1, -0.05) is 27.2 Å². The Kier molecular flexibility index (Phi) is 2.99. The maximum atomic E-state index is 11.8. The molecule has 2 N–H and O–H groups in total. The van der Waals surface area contributed by atoms with Crippen molar-refractivity contribution in [1.29, 1.82) is 0 Å². The Morgan fingerprint density at radius 3 is 2.94 bits per heavy atom. The van der Waals surface area contributed by atoms with Crippen LogP contribution in [-0.2, 0) is 4.79 Å². The summed E-state index contributed by atoms with van der Waals surface area (Å²) in [6.07, 6.45) is 5.14. The molecular weight excluding hydrogens is 200 g/mol. The smallest absolute Gasteiger partial charge is 0.225 e. The van der Waals surface area contributed by atoms with Crippen LogP contribution in [0.5, 0.6) is 0 Å². The molecule has 2 rings (SSSR count). The average molecular weight is 224 g/mol. The minimum Gasteiger partial charge on any atom is -0.354 e. The zero-order valence-corrected chi connectivity index (χ0v) is 10.7. The average Bonchev–Trinajstić information content (AvgIpc) is 2.50. The molecule has 1 heterocycles. The number of nitrogens with one attached hydrogen (secondary N) is 2. The van der Waals surface area contributed by atoms with Crippen LogP contribution in [0.1, 0.15) is 46.5 Å². The van der Waals surface area contributed by atoms with E-state index in [-0.39, 0.29) is 16.9 Å². The van der Waals surface area contributed by atoms with Crippen molar-refractivity contribution >= 4 is 5.91 Å². The van der Waals surface area contributed by atoms with Crippen LogP contribution >= 0.6 is 0 Å². The summed E-state index contributed by atoms with van der Waals surface area (Å²) >= 11 is 0. The number of hydrogen-bond acceptors (Lipinski definition) is 2. The summed E-state index contributed by atoms with van der Waals surface area (Å²) in [5.74, 6) is 1.01. The van der Waals surface area contributed by atoms with Crippen LogP contribution < -0.4 is 10.6 Å². The predicted molar refractivity (Wildman–Crippen MR) is 65.2 cm³/mol. The quantitative estimate of drug-likeness (QED) is 0.749. The summed E-state index contributed by atoms with van der Waals surface area (Å²) in [5.41, 5.74) is -0.0624. The number of rotatable bonds is 2. The number of amides is 1. The lowest BCUT2D eigenvalue weighted by molar-refractivity contribution is -0.128. The fourth-order valence-electron chi connectivity index (χ4n) is 2.92. The van der Waals surface area contributed by atoms with Crippen LogP contribution in [0.3, 0.4) is 0 Å². The third-order valence-electron chi connectivity index (χ3n) is 3.98. The van der Waals surface area contributed by atoms with Crippen molar-refractivity contribution in [2.24, 2.45) is 11.3 Å². The van der Waals surface area contributed by atoms with Crippen molar-refractivity contribution in [3.63, 3.8) is 0 Å². The first-order valence-corrected chi connectivity index (χ1v) is 6.45. The summed E-state index contributed by atoms with van der Waals surface area (Å²) in [6, 6.07) is 0. The second-order valence-electron chi connectivity index (χ2n) is 6.56. The number of fused-ring (bicyclic) bond motifs is 2. The maximum Gasteiger partial charge on any atom is 0.225 e. The lowest BCUT2D eigenvalue weighted by Gasteiger charge is -2.34. The lowest BCUT2D eigenvalue weighted by atomic mass is 9.80. The van der Waals surface area contributed by atoms with Crippen LogP contribution in [0.4, 0.5) is 0 Å². The molecule has 92 valence electrons. The van der Waals surface area contributed by atoms with Gasteiger partial charge in [0.1, 0.15) is 0 Å². The fraction of sp³-hybridized carbons (Fsp3) is 0.923. The molecule has 0 aromatic rings. The summed E-state index contributed by atoms with van der Waals surface area (Å²) < 4.78 is 0. The largest absolute Gasteiger partial charge is 0.354 e. The molecule has 0 aromatic carbocycles. The van der Waals surface area contributed by atoms with Gasteiger partial charge < -0.3 is 10.6 Å². The van der Waals surface area contributed by atoms with Gasteiger partial charge >= 0.3 is 0 Å². The molecule has 16 heavy (non-hydrogen) atoms. The van der Waals surface area contributed by atoms with Gasteiger partial charge in [0.05, 0.1) is 0 Å². The van der Waals surface area contributed by atoms with Crippen LogP contribution in [0.25, 0.3) is 0 Å². The van der Waals surface area contributed by atoms with E-state index >= 15 is 0 Å². The van der Waals surface area contributed by atoms with Gasteiger partial charge in [-0.2, -0.15) is 0 Å². The van der Waals surface area contributed by atoms with Crippen molar-refractivity contribution in [2.45, 2.75) is 52.0 Å². The van der Waals surface area contributed by atoms with Crippen molar-refractivity contribution in [2.75, 3.05) is 13.1 Å². The first kappa shape index (κ1) is 11.9. The normalized spacial score (nSPS) is 33.8. The molecule has 1 saturated carbocycles. The zero-order chi connectivity index (χ0) is 11.8. The lowest BCUT2D eigenvalue weighted by Crippen LogP contribution is -2.51. The van der Waals surface area contributed by atoms with Gasteiger partial charge in [-0.25, -0.2) is 0 Å². The van der Waals surface area contributed by atoms with E-state index in [1.807, 2.05) is 20.8 Å². The first-order chi connectivity index (χ1) is 7.41. The molecule has 2 atom stereocenters. The molecular formula is C13H24N2O. The molecule has 0 radical (unpaired) electrons. The van der Waals surface area contributed by atoms with E-state index in [9.17, 15) is 4.79 Å². The van der Waals surface area contributed by atoms with Crippen molar-refractivity contribution in [1.82, 2.24) is 10.6 Å². The SMILES string of the molecule is CC(C)(C)C(=O)NCC12CCCC(CN1)C2. The highest BCUT2D eigenvalue weighted by Crippen LogP contribution is 2.37. The minimum absolute atomic E-state index is 0.165. The maximum absolute atomic E-state index is 11.8. The van der Waals surface area contributed by atoms with E-state index in [1.165, 1.54) is 25.7 Å². The molecule has 3 nitrogen and oxygen atoms in total. The predicted octanol–water partition coefficient (Wildman–Crippen LogP) is 1.68. The third kappa shape index (κ3) is 2.40. The van der Waals surface area contributed by atoms with Crippen molar-refractivity contribution in [3.8, 4) is 0 Å². The van der Waals surface area contributed by atoms with E-state index in [0.29, 0.717) is 0 Å². The van der Waals surface area contributed by atoms with Crippen LogP contribution in [-0.4, -0.2) is 24.5 Å². The van der Waals surface area contributed by atoms with Gasteiger partial charge in [0.2, 0.25) is 5.91 Å². The molecule has 0 spiro atoms. The van der Waals surface area contributed by atoms with E-state index in [1.54, 1.807) is 0 Å². The highest BCUT2D eigenvalue weighted by molar-refractivity contribution is 5.81. The number of carbonyl (C=O) groups is 1. The minimum atomic E-state index is -0.274. The van der Waals surface area contributed by atoms with E-state index in [2.05, 4.69) is 10.6 Å². The van der Waals surface area contributed by atoms with Gasteiger partial charge in [-0.15, -0.1) is 0 Å². The Bertz CT molecular complexity index is 278. The van der Waals surface area contributed by atoms with E-state index in [0.717, 1.165) is 19.0 Å². The Morgan fingerprint density at radius 1 is 1.50 bits per heavy atom. The summed E-state index contributed by atoms with van der Waals surface area (Å²) in [5, 5.41) is 6.73. The van der Waals surface area contributed by atoms with Gasteiger partial charge in [0.15, 0.2) is 0 Å². The van der Waals surface area contributed by atoms with Gasteiger partial charge in [0, 0.05) is 17.5 Å². The molecule has 1 aliphatic carbocycles. The second-order valence-corrected chi connectivity index (χ2v) is 6.56. The van der Waals surface area contributed by atoms with Crippen LogP contribution in [0, 0.1) is 11.3 Å². The van der Waals surface area contributed by atoms with Gasteiger partial charge in [0.25, 0.3) is 0 Å². The Hall–Kier alpha value is -0.570. The molecule has 0 aromatic heterocycles. The van der Waals surface area contributed by atoms with Crippen LogP contribution in [0.2, 0.25) is 0 Å². The molecule has 2 bridgehead atoms. The molecule has 3 heteroatoms. The van der Waals surface area contributed by atoms with Gasteiger partial charge in [-0.05, 0) is 31.7 Å².